The molecule has 0 aliphatic carbocycles. The lowest BCUT2D eigenvalue weighted by molar-refractivity contribution is -0.0471. The van der Waals surface area contributed by atoms with Gasteiger partial charge in [0.2, 0.25) is 0 Å². The summed E-state index contributed by atoms with van der Waals surface area (Å²) in [4.78, 5) is 9.48. The molecule has 23 heavy (non-hydrogen) atoms. The number of aryl methyl sites for hydroxylation is 1. The fraction of sp³-hybridized carbons (Fsp3) is 0.500. The summed E-state index contributed by atoms with van der Waals surface area (Å²) < 4.78 is 12.3. The molecule has 0 spiro atoms. The van der Waals surface area contributed by atoms with Gasteiger partial charge < -0.3 is 9.47 Å². The van der Waals surface area contributed by atoms with Crippen LogP contribution in [0, 0.1) is 6.92 Å². The number of nitrogens with zero attached hydrogens (tertiary/aromatic N) is 2. The van der Waals surface area contributed by atoms with Gasteiger partial charge in [-0.2, -0.15) is 0 Å². The van der Waals surface area contributed by atoms with Gasteiger partial charge in [-0.25, -0.2) is 0 Å². The highest BCUT2D eigenvalue weighted by Crippen LogP contribution is 2.33. The highest BCUT2D eigenvalue weighted by atomic mass is 32.1. The predicted octanol–water partition coefficient (Wildman–Crippen LogP) is 3.26. The van der Waals surface area contributed by atoms with Crippen LogP contribution in [0.3, 0.4) is 0 Å². The molecular formula is C18H22N2O2S. The van der Waals surface area contributed by atoms with Crippen LogP contribution in [0.4, 0.5) is 0 Å². The molecule has 122 valence electrons. The number of pyridine rings is 1. The first-order valence-corrected chi connectivity index (χ1v) is 9.09. The van der Waals surface area contributed by atoms with Crippen molar-refractivity contribution in [1.29, 1.82) is 0 Å². The zero-order valence-electron chi connectivity index (χ0n) is 13.4. The van der Waals surface area contributed by atoms with Gasteiger partial charge >= 0.3 is 0 Å². The van der Waals surface area contributed by atoms with Gasteiger partial charge in [-0.05, 0) is 44.0 Å². The lowest BCUT2D eigenvalue weighted by Gasteiger charge is -2.32. The van der Waals surface area contributed by atoms with E-state index in [9.17, 15) is 0 Å². The van der Waals surface area contributed by atoms with Crippen LogP contribution in [0.25, 0.3) is 0 Å². The molecule has 0 N–H and O–H groups in total. The summed E-state index contributed by atoms with van der Waals surface area (Å²) >= 11 is 1.89. The number of aromatic nitrogens is 1. The van der Waals surface area contributed by atoms with Gasteiger partial charge in [0, 0.05) is 41.7 Å². The Morgan fingerprint density at radius 1 is 1.39 bits per heavy atom. The summed E-state index contributed by atoms with van der Waals surface area (Å²) in [6.07, 6.45) is 6.15. The highest BCUT2D eigenvalue weighted by molar-refractivity contribution is 7.11. The van der Waals surface area contributed by atoms with Crippen LogP contribution in [0.15, 0.2) is 36.7 Å². The molecule has 2 fully saturated rings. The monoisotopic (exact) mass is 330 g/mol. The van der Waals surface area contributed by atoms with Gasteiger partial charge in [0.15, 0.2) is 0 Å². The van der Waals surface area contributed by atoms with Gasteiger partial charge in [-0.15, -0.1) is 11.3 Å². The van der Waals surface area contributed by atoms with E-state index in [0.29, 0.717) is 6.04 Å². The molecule has 2 aliphatic rings. The number of hydrogen-bond donors (Lipinski definition) is 0. The summed E-state index contributed by atoms with van der Waals surface area (Å²) in [6.45, 7) is 4.93. The molecular weight excluding hydrogens is 308 g/mol. The smallest absolute Gasteiger partial charge is 0.139 e. The first kappa shape index (κ1) is 15.1. The van der Waals surface area contributed by atoms with Gasteiger partial charge in [0.25, 0.3) is 0 Å². The second kappa shape index (κ2) is 6.59. The number of thiophene rings is 1. The predicted molar refractivity (Wildman–Crippen MR) is 90.9 cm³/mol. The van der Waals surface area contributed by atoms with Gasteiger partial charge in [-0.1, -0.05) is 0 Å². The van der Waals surface area contributed by atoms with E-state index >= 15 is 0 Å². The van der Waals surface area contributed by atoms with Crippen LogP contribution in [-0.4, -0.2) is 41.3 Å². The summed E-state index contributed by atoms with van der Waals surface area (Å²) in [5.74, 6) is 0.833. The fourth-order valence-corrected chi connectivity index (χ4v) is 4.57. The molecule has 0 aromatic carbocycles. The van der Waals surface area contributed by atoms with Crippen LogP contribution < -0.4 is 4.74 Å². The molecule has 2 aromatic heterocycles. The summed E-state index contributed by atoms with van der Waals surface area (Å²) in [7, 11) is 0. The second-order valence-corrected chi connectivity index (χ2v) is 7.70. The molecule has 4 nitrogen and oxygen atoms in total. The molecule has 4 heterocycles. The van der Waals surface area contributed by atoms with Crippen molar-refractivity contribution in [2.24, 2.45) is 0 Å². The zero-order chi connectivity index (χ0) is 15.6. The minimum Gasteiger partial charge on any atom is -0.485 e. The molecule has 3 atom stereocenters. The standard InChI is InChI=1S/C18H22N2O2S/c1-13-6-7-15(23-13)11-20-12-17(18-16(20)5-3-9-21-18)22-14-4-2-8-19-10-14/h2,4,6-8,10,16-18H,3,5,9,11-12H2,1H3/t16-,17-,18-/m1/s1. The lowest BCUT2D eigenvalue weighted by Crippen LogP contribution is -2.42. The number of rotatable bonds is 4. The first-order valence-electron chi connectivity index (χ1n) is 8.27. The lowest BCUT2D eigenvalue weighted by atomic mass is 10.0. The Morgan fingerprint density at radius 3 is 3.13 bits per heavy atom. The molecule has 4 rings (SSSR count). The van der Waals surface area contributed by atoms with Gasteiger partial charge in [0.1, 0.15) is 18.0 Å². The van der Waals surface area contributed by atoms with Crippen molar-refractivity contribution in [3.63, 3.8) is 0 Å². The van der Waals surface area contributed by atoms with Crippen LogP contribution >= 0.6 is 11.3 Å². The average molecular weight is 330 g/mol. The summed E-state index contributed by atoms with van der Waals surface area (Å²) in [6, 6.07) is 8.79. The third-order valence-corrected chi connectivity index (χ3v) is 5.65. The number of ether oxygens (including phenoxy) is 2. The van der Waals surface area contributed by atoms with Gasteiger partial charge in [0.05, 0.1) is 6.20 Å². The topological polar surface area (TPSA) is 34.6 Å². The van der Waals surface area contributed by atoms with E-state index in [1.165, 1.54) is 16.2 Å². The third kappa shape index (κ3) is 3.27. The Kier molecular flexibility index (Phi) is 4.33. The number of hydrogen-bond acceptors (Lipinski definition) is 5. The van der Waals surface area contributed by atoms with Gasteiger partial charge in [-0.3, -0.25) is 9.88 Å². The van der Waals surface area contributed by atoms with E-state index in [1.807, 2.05) is 23.5 Å². The molecule has 0 amide bonds. The average Bonchev–Trinajstić information content (AvgIpc) is 3.14. The highest BCUT2D eigenvalue weighted by Gasteiger charge is 2.45. The quantitative estimate of drug-likeness (QED) is 0.862. The maximum absolute atomic E-state index is 6.19. The molecule has 0 bridgehead atoms. The minimum absolute atomic E-state index is 0.0885. The normalized spacial score (nSPS) is 27.8. The largest absolute Gasteiger partial charge is 0.485 e. The van der Waals surface area contributed by atoms with Crippen LogP contribution in [0.2, 0.25) is 0 Å². The molecule has 0 saturated carbocycles. The van der Waals surface area contributed by atoms with Crippen molar-refractivity contribution in [1.82, 2.24) is 9.88 Å². The van der Waals surface area contributed by atoms with E-state index in [1.54, 1.807) is 12.4 Å². The SMILES string of the molecule is Cc1ccc(CN2C[C@@H](Oc3cccnc3)[C@@H]3OCCC[C@H]32)s1. The number of likely N-dealkylation sites (tertiary alicyclic amines) is 1. The Labute approximate surface area is 141 Å². The van der Waals surface area contributed by atoms with E-state index in [4.69, 9.17) is 9.47 Å². The van der Waals surface area contributed by atoms with Crippen molar-refractivity contribution >= 4 is 11.3 Å². The van der Waals surface area contributed by atoms with Crippen LogP contribution in [0.5, 0.6) is 5.75 Å². The van der Waals surface area contributed by atoms with E-state index in [2.05, 4.69) is 28.9 Å². The Hall–Kier alpha value is -1.43. The summed E-state index contributed by atoms with van der Waals surface area (Å²) in [5.41, 5.74) is 0. The van der Waals surface area contributed by atoms with Crippen molar-refractivity contribution in [2.75, 3.05) is 13.2 Å². The molecule has 0 radical (unpaired) electrons. The Bertz CT molecular complexity index is 645. The Balaban J connectivity index is 1.49. The van der Waals surface area contributed by atoms with Crippen molar-refractivity contribution < 1.29 is 9.47 Å². The molecule has 0 unspecified atom stereocenters. The van der Waals surface area contributed by atoms with Crippen LogP contribution in [-0.2, 0) is 11.3 Å². The zero-order valence-corrected chi connectivity index (χ0v) is 14.2. The maximum atomic E-state index is 6.19. The van der Waals surface area contributed by atoms with E-state index in [-0.39, 0.29) is 12.2 Å². The first-order chi connectivity index (χ1) is 11.3. The van der Waals surface area contributed by atoms with Crippen molar-refractivity contribution in [3.05, 3.63) is 46.4 Å². The van der Waals surface area contributed by atoms with Crippen LogP contribution in [0.1, 0.15) is 22.6 Å². The van der Waals surface area contributed by atoms with E-state index in [0.717, 1.165) is 31.9 Å². The Morgan fingerprint density at radius 2 is 2.35 bits per heavy atom. The minimum atomic E-state index is 0.0885. The fourth-order valence-electron chi connectivity index (χ4n) is 3.65. The third-order valence-electron chi connectivity index (χ3n) is 4.66. The summed E-state index contributed by atoms with van der Waals surface area (Å²) in [5, 5.41) is 0. The molecule has 2 aromatic rings. The van der Waals surface area contributed by atoms with E-state index < -0.39 is 0 Å². The van der Waals surface area contributed by atoms with Crippen molar-refractivity contribution in [2.45, 2.75) is 44.6 Å². The van der Waals surface area contributed by atoms with Crippen molar-refractivity contribution in [3.8, 4) is 5.75 Å². The molecule has 2 aliphatic heterocycles. The maximum Gasteiger partial charge on any atom is 0.139 e. The molecule has 2 saturated heterocycles. The second-order valence-electron chi connectivity index (χ2n) is 6.33. The number of fused-ring (bicyclic) bond motifs is 1. The molecule has 5 heteroatoms.